The first kappa shape index (κ1) is 14.4. The molecule has 2 atom stereocenters. The largest absolute Gasteiger partial charge is 0.306 e. The summed E-state index contributed by atoms with van der Waals surface area (Å²) in [5, 5.41) is 12.1. The lowest BCUT2D eigenvalue weighted by molar-refractivity contribution is 0.257. The number of nitriles is 1. The van der Waals surface area contributed by atoms with E-state index in [-0.39, 0.29) is 5.54 Å². The maximum atomic E-state index is 9.00. The van der Waals surface area contributed by atoms with Crippen LogP contribution in [0.5, 0.6) is 0 Å². The molecule has 0 rings (SSSR count). The van der Waals surface area contributed by atoms with E-state index in [0.29, 0.717) is 0 Å². The summed E-state index contributed by atoms with van der Waals surface area (Å²) >= 11 is 0. The molecule has 0 aromatic rings. The zero-order valence-electron chi connectivity index (χ0n) is 10.8. The molecule has 88 valence electrons. The Morgan fingerprint density at radius 2 is 2.13 bits per heavy atom. The molecule has 0 spiro atoms. The van der Waals surface area contributed by atoms with Gasteiger partial charge in [-0.05, 0) is 33.4 Å². The smallest absolute Gasteiger partial charge is 0.104 e. The lowest BCUT2D eigenvalue weighted by Gasteiger charge is -2.26. The minimum atomic E-state index is -0.385. The van der Waals surface area contributed by atoms with E-state index in [2.05, 4.69) is 37.2 Å². The topological polar surface area (TPSA) is 39.1 Å². The van der Waals surface area contributed by atoms with E-state index >= 15 is 0 Å². The Morgan fingerprint density at radius 3 is 2.53 bits per heavy atom. The third kappa shape index (κ3) is 5.76. The second kappa shape index (κ2) is 6.81. The summed E-state index contributed by atoms with van der Waals surface area (Å²) in [5.41, 5.74) is -0.385. The van der Waals surface area contributed by atoms with Gasteiger partial charge in [0.1, 0.15) is 5.54 Å². The lowest BCUT2D eigenvalue weighted by atomic mass is 10.00. The molecule has 0 amide bonds. The third-order valence-electron chi connectivity index (χ3n) is 3.11. The first-order valence-corrected chi connectivity index (χ1v) is 5.76. The van der Waals surface area contributed by atoms with Gasteiger partial charge in [-0.25, -0.2) is 0 Å². The maximum Gasteiger partial charge on any atom is 0.104 e. The molecule has 0 aromatic carbocycles. The average molecular weight is 211 g/mol. The molecule has 0 aliphatic carbocycles. The van der Waals surface area contributed by atoms with Gasteiger partial charge < -0.3 is 10.2 Å². The van der Waals surface area contributed by atoms with Crippen LogP contribution in [0.3, 0.4) is 0 Å². The Kier molecular flexibility index (Phi) is 6.55. The minimum Gasteiger partial charge on any atom is -0.306 e. The van der Waals surface area contributed by atoms with Gasteiger partial charge in [-0.2, -0.15) is 5.26 Å². The molecular weight excluding hydrogens is 186 g/mol. The van der Waals surface area contributed by atoms with Gasteiger partial charge >= 0.3 is 0 Å². The van der Waals surface area contributed by atoms with E-state index < -0.39 is 0 Å². The van der Waals surface area contributed by atoms with Gasteiger partial charge in [0.15, 0.2) is 0 Å². The number of rotatable bonds is 7. The molecule has 0 saturated heterocycles. The van der Waals surface area contributed by atoms with Gasteiger partial charge in [0.05, 0.1) is 6.07 Å². The Labute approximate surface area is 94.5 Å². The van der Waals surface area contributed by atoms with Crippen LogP contribution < -0.4 is 5.32 Å². The highest BCUT2D eigenvalue weighted by atomic mass is 15.1. The van der Waals surface area contributed by atoms with Crippen LogP contribution in [0.1, 0.15) is 33.6 Å². The Bertz CT molecular complexity index is 209. The minimum absolute atomic E-state index is 0.385. The molecule has 3 nitrogen and oxygen atoms in total. The first-order chi connectivity index (χ1) is 6.97. The predicted octanol–water partition coefficient (Wildman–Crippen LogP) is 1.86. The molecule has 15 heavy (non-hydrogen) atoms. The van der Waals surface area contributed by atoms with Crippen molar-refractivity contribution in [2.24, 2.45) is 5.92 Å². The van der Waals surface area contributed by atoms with E-state index in [1.165, 1.54) is 6.42 Å². The highest BCUT2D eigenvalue weighted by Crippen LogP contribution is 2.09. The van der Waals surface area contributed by atoms with Crippen LogP contribution in [0.25, 0.3) is 0 Å². The van der Waals surface area contributed by atoms with Gasteiger partial charge in [0.2, 0.25) is 0 Å². The molecule has 0 aromatic heterocycles. The highest BCUT2D eigenvalue weighted by molar-refractivity contribution is 5.03. The van der Waals surface area contributed by atoms with Crippen molar-refractivity contribution in [3.63, 3.8) is 0 Å². The van der Waals surface area contributed by atoms with E-state index in [4.69, 9.17) is 5.26 Å². The molecular formula is C12H25N3. The Morgan fingerprint density at radius 1 is 1.53 bits per heavy atom. The van der Waals surface area contributed by atoms with E-state index in [1.54, 1.807) is 0 Å². The van der Waals surface area contributed by atoms with E-state index in [9.17, 15) is 0 Å². The van der Waals surface area contributed by atoms with Crippen LogP contribution in [-0.4, -0.2) is 37.6 Å². The van der Waals surface area contributed by atoms with Crippen LogP contribution in [0.4, 0.5) is 0 Å². The van der Waals surface area contributed by atoms with Gasteiger partial charge in [0, 0.05) is 13.1 Å². The molecule has 3 heteroatoms. The summed E-state index contributed by atoms with van der Waals surface area (Å²) in [6.45, 7) is 8.50. The molecule has 0 fully saturated rings. The maximum absolute atomic E-state index is 9.00. The number of hydrogen-bond donors (Lipinski definition) is 1. The van der Waals surface area contributed by atoms with Gasteiger partial charge in [0.25, 0.3) is 0 Å². The van der Waals surface area contributed by atoms with Crippen molar-refractivity contribution < 1.29 is 0 Å². The first-order valence-electron chi connectivity index (χ1n) is 5.76. The number of nitrogens with zero attached hydrogens (tertiary/aromatic N) is 2. The van der Waals surface area contributed by atoms with Gasteiger partial charge in [-0.1, -0.05) is 20.3 Å². The molecule has 0 bridgehead atoms. The summed E-state index contributed by atoms with van der Waals surface area (Å²) in [6, 6.07) is 2.31. The van der Waals surface area contributed by atoms with E-state index in [1.807, 2.05) is 14.0 Å². The summed E-state index contributed by atoms with van der Waals surface area (Å²) in [6.07, 6.45) is 2.08. The standard InChI is InChI=1S/C12H25N3/c1-6-11(2)9-15(5)8-7-12(3,10-13)14-4/h11,14H,6-9H2,1-5H3. The predicted molar refractivity (Wildman–Crippen MR) is 64.6 cm³/mol. The van der Waals surface area contributed by atoms with Crippen molar-refractivity contribution >= 4 is 0 Å². The van der Waals surface area contributed by atoms with Crippen LogP contribution in [-0.2, 0) is 0 Å². The summed E-state index contributed by atoms with van der Waals surface area (Å²) < 4.78 is 0. The molecule has 0 radical (unpaired) electrons. The lowest BCUT2D eigenvalue weighted by Crippen LogP contribution is -2.41. The zero-order chi connectivity index (χ0) is 11.9. The van der Waals surface area contributed by atoms with Gasteiger partial charge in [-0.3, -0.25) is 0 Å². The number of nitrogens with one attached hydrogen (secondary N) is 1. The van der Waals surface area contributed by atoms with Crippen LogP contribution in [0, 0.1) is 17.2 Å². The molecule has 0 heterocycles. The fraction of sp³-hybridized carbons (Fsp3) is 0.917. The van der Waals surface area contributed by atoms with Crippen molar-refractivity contribution in [3.05, 3.63) is 0 Å². The molecule has 1 N–H and O–H groups in total. The second-order valence-corrected chi connectivity index (χ2v) is 4.72. The van der Waals surface area contributed by atoms with Crippen molar-refractivity contribution in [1.82, 2.24) is 10.2 Å². The van der Waals surface area contributed by atoms with Crippen LogP contribution in [0.2, 0.25) is 0 Å². The second-order valence-electron chi connectivity index (χ2n) is 4.72. The SMILES string of the molecule is CCC(C)CN(C)CCC(C)(C#N)NC. The Balaban J connectivity index is 3.90. The van der Waals surface area contributed by atoms with Gasteiger partial charge in [-0.15, -0.1) is 0 Å². The molecule has 0 aliphatic heterocycles. The van der Waals surface area contributed by atoms with Crippen molar-refractivity contribution in [2.45, 2.75) is 39.2 Å². The monoisotopic (exact) mass is 211 g/mol. The zero-order valence-corrected chi connectivity index (χ0v) is 10.8. The Hall–Kier alpha value is -0.590. The average Bonchev–Trinajstić information content (AvgIpc) is 2.25. The fourth-order valence-corrected chi connectivity index (χ4v) is 1.40. The molecule has 2 unspecified atom stereocenters. The summed E-state index contributed by atoms with van der Waals surface area (Å²) in [7, 11) is 3.97. The summed E-state index contributed by atoms with van der Waals surface area (Å²) in [5.74, 6) is 0.734. The quantitative estimate of drug-likeness (QED) is 0.698. The van der Waals surface area contributed by atoms with Crippen LogP contribution in [0.15, 0.2) is 0 Å². The van der Waals surface area contributed by atoms with Crippen molar-refractivity contribution in [3.8, 4) is 6.07 Å². The van der Waals surface area contributed by atoms with Crippen LogP contribution >= 0.6 is 0 Å². The van der Waals surface area contributed by atoms with Crippen molar-refractivity contribution in [2.75, 3.05) is 27.2 Å². The normalized spacial score (nSPS) is 17.1. The number of hydrogen-bond acceptors (Lipinski definition) is 3. The highest BCUT2D eigenvalue weighted by Gasteiger charge is 2.21. The third-order valence-corrected chi connectivity index (χ3v) is 3.11. The molecule has 0 saturated carbocycles. The molecule has 0 aliphatic rings. The van der Waals surface area contributed by atoms with E-state index in [0.717, 1.165) is 25.4 Å². The fourth-order valence-electron chi connectivity index (χ4n) is 1.40. The summed E-state index contributed by atoms with van der Waals surface area (Å²) in [4.78, 5) is 2.31. The van der Waals surface area contributed by atoms with Crippen molar-refractivity contribution in [1.29, 1.82) is 5.26 Å².